The second-order valence-electron chi connectivity index (χ2n) is 4.52. The van der Waals surface area contributed by atoms with Crippen molar-refractivity contribution in [3.05, 3.63) is 0 Å². The molecule has 1 amide bonds. The van der Waals surface area contributed by atoms with Crippen LogP contribution >= 0.6 is 0 Å². The van der Waals surface area contributed by atoms with E-state index in [1.54, 1.807) is 21.0 Å². The molecule has 4 nitrogen and oxygen atoms in total. The van der Waals surface area contributed by atoms with E-state index in [1.165, 1.54) is 0 Å². The van der Waals surface area contributed by atoms with E-state index < -0.39 is 5.41 Å². The van der Waals surface area contributed by atoms with Crippen LogP contribution < -0.4 is 5.32 Å². The van der Waals surface area contributed by atoms with Crippen molar-refractivity contribution in [1.82, 2.24) is 5.32 Å². The molecular formula is C11H18N2O2. The first-order valence-corrected chi connectivity index (χ1v) is 5.26. The third kappa shape index (κ3) is 2.69. The second-order valence-corrected chi connectivity index (χ2v) is 4.52. The van der Waals surface area contributed by atoms with Crippen molar-refractivity contribution in [2.24, 2.45) is 5.41 Å². The van der Waals surface area contributed by atoms with Crippen molar-refractivity contribution in [2.75, 3.05) is 7.11 Å². The summed E-state index contributed by atoms with van der Waals surface area (Å²) in [4.78, 5) is 11.7. The van der Waals surface area contributed by atoms with Crippen molar-refractivity contribution >= 4 is 5.91 Å². The molecule has 84 valence electrons. The van der Waals surface area contributed by atoms with Crippen molar-refractivity contribution in [3.63, 3.8) is 0 Å². The molecule has 0 radical (unpaired) electrons. The van der Waals surface area contributed by atoms with Crippen molar-refractivity contribution in [1.29, 1.82) is 5.26 Å². The van der Waals surface area contributed by atoms with Crippen LogP contribution in [-0.2, 0) is 9.53 Å². The summed E-state index contributed by atoms with van der Waals surface area (Å²) < 4.78 is 5.27. The van der Waals surface area contributed by atoms with E-state index in [-0.39, 0.29) is 18.1 Å². The number of nitrogens with one attached hydrogen (secondary N) is 1. The molecule has 1 aliphatic carbocycles. The van der Waals surface area contributed by atoms with Crippen LogP contribution in [0.5, 0.6) is 0 Å². The maximum absolute atomic E-state index is 11.7. The molecule has 0 aromatic heterocycles. The SMILES string of the molecule is CO[C@@H]1CCC[C@H]1NC(=O)C(C)(C)C#N. The second kappa shape index (κ2) is 4.63. The molecule has 15 heavy (non-hydrogen) atoms. The summed E-state index contributed by atoms with van der Waals surface area (Å²) in [5.41, 5.74) is -0.957. The van der Waals surface area contributed by atoms with Crippen LogP contribution in [0, 0.1) is 16.7 Å². The molecule has 2 atom stereocenters. The number of amides is 1. The lowest BCUT2D eigenvalue weighted by atomic mass is 9.94. The third-order valence-corrected chi connectivity index (χ3v) is 2.92. The van der Waals surface area contributed by atoms with Gasteiger partial charge in [-0.2, -0.15) is 5.26 Å². The van der Waals surface area contributed by atoms with E-state index in [0.29, 0.717) is 0 Å². The van der Waals surface area contributed by atoms with Crippen molar-refractivity contribution in [2.45, 2.75) is 45.3 Å². The normalized spacial score (nSPS) is 26.0. The summed E-state index contributed by atoms with van der Waals surface area (Å²) in [6.45, 7) is 3.25. The Labute approximate surface area is 90.6 Å². The van der Waals surface area contributed by atoms with Gasteiger partial charge in [0, 0.05) is 7.11 Å². The number of hydrogen-bond donors (Lipinski definition) is 1. The Bertz CT molecular complexity index is 281. The molecular weight excluding hydrogens is 192 g/mol. The fourth-order valence-electron chi connectivity index (χ4n) is 1.77. The number of hydrogen-bond acceptors (Lipinski definition) is 3. The zero-order chi connectivity index (χ0) is 11.5. The molecule has 0 aromatic carbocycles. The van der Waals surface area contributed by atoms with Crippen LogP contribution in [0.25, 0.3) is 0 Å². The van der Waals surface area contributed by atoms with Crippen LogP contribution in [0.1, 0.15) is 33.1 Å². The molecule has 0 aliphatic heterocycles. The average molecular weight is 210 g/mol. The summed E-state index contributed by atoms with van der Waals surface area (Å²) in [5, 5.41) is 11.7. The minimum Gasteiger partial charge on any atom is -0.379 e. The Morgan fingerprint density at radius 1 is 1.53 bits per heavy atom. The molecule has 1 aliphatic rings. The molecule has 1 fully saturated rings. The summed E-state index contributed by atoms with van der Waals surface area (Å²) in [6.07, 6.45) is 3.08. The van der Waals surface area contributed by atoms with Gasteiger partial charge >= 0.3 is 0 Å². The predicted molar refractivity (Wildman–Crippen MR) is 56.0 cm³/mol. The van der Waals surface area contributed by atoms with E-state index >= 15 is 0 Å². The molecule has 0 heterocycles. The summed E-state index contributed by atoms with van der Waals surface area (Å²) >= 11 is 0. The van der Waals surface area contributed by atoms with Gasteiger partial charge in [0.05, 0.1) is 18.2 Å². The molecule has 0 bridgehead atoms. The molecule has 4 heteroatoms. The number of carbonyl (C=O) groups is 1. The number of carbonyl (C=O) groups excluding carboxylic acids is 1. The van der Waals surface area contributed by atoms with E-state index in [1.807, 2.05) is 6.07 Å². The quantitative estimate of drug-likeness (QED) is 0.761. The van der Waals surface area contributed by atoms with Gasteiger partial charge in [0.1, 0.15) is 5.41 Å². The first-order chi connectivity index (χ1) is 7.01. The molecule has 0 spiro atoms. The van der Waals surface area contributed by atoms with Crippen LogP contribution in [0.3, 0.4) is 0 Å². The van der Waals surface area contributed by atoms with E-state index in [9.17, 15) is 4.79 Å². The third-order valence-electron chi connectivity index (χ3n) is 2.92. The van der Waals surface area contributed by atoms with Crippen LogP contribution in [0.15, 0.2) is 0 Å². The van der Waals surface area contributed by atoms with Gasteiger partial charge in [0.25, 0.3) is 0 Å². The highest BCUT2D eigenvalue weighted by atomic mass is 16.5. The smallest absolute Gasteiger partial charge is 0.240 e. The minimum atomic E-state index is -0.957. The van der Waals surface area contributed by atoms with E-state index in [4.69, 9.17) is 10.00 Å². The summed E-state index contributed by atoms with van der Waals surface area (Å²) in [5.74, 6) is -0.209. The Kier molecular flexibility index (Phi) is 3.70. The highest BCUT2D eigenvalue weighted by molar-refractivity contribution is 5.84. The van der Waals surface area contributed by atoms with Gasteiger partial charge in [0.2, 0.25) is 5.91 Å². The first-order valence-electron chi connectivity index (χ1n) is 5.26. The number of methoxy groups -OCH3 is 1. The van der Waals surface area contributed by atoms with Crippen molar-refractivity contribution < 1.29 is 9.53 Å². The minimum absolute atomic E-state index is 0.0649. The number of nitrogens with zero attached hydrogens (tertiary/aromatic N) is 1. The lowest BCUT2D eigenvalue weighted by Crippen LogP contribution is -2.46. The fourth-order valence-corrected chi connectivity index (χ4v) is 1.77. The Morgan fingerprint density at radius 2 is 2.20 bits per heavy atom. The van der Waals surface area contributed by atoms with Crippen molar-refractivity contribution in [3.8, 4) is 6.07 Å². The molecule has 1 rings (SSSR count). The molecule has 1 saturated carbocycles. The summed E-state index contributed by atoms with van der Waals surface area (Å²) in [6, 6.07) is 2.06. The van der Waals surface area contributed by atoms with Gasteiger partial charge in [-0.15, -0.1) is 0 Å². The average Bonchev–Trinajstić information content (AvgIpc) is 2.65. The van der Waals surface area contributed by atoms with Gasteiger partial charge in [0.15, 0.2) is 0 Å². The Balaban J connectivity index is 2.55. The van der Waals surface area contributed by atoms with Crippen LogP contribution in [0.2, 0.25) is 0 Å². The number of rotatable bonds is 3. The van der Waals surface area contributed by atoms with E-state index in [2.05, 4.69) is 5.32 Å². The highest BCUT2D eigenvalue weighted by Crippen LogP contribution is 2.23. The predicted octanol–water partition coefficient (Wildman–Crippen LogP) is 1.22. The van der Waals surface area contributed by atoms with Crippen LogP contribution in [-0.4, -0.2) is 25.2 Å². The zero-order valence-electron chi connectivity index (χ0n) is 9.54. The standard InChI is InChI=1S/C11H18N2O2/c1-11(2,7-12)10(14)13-8-5-4-6-9(8)15-3/h8-9H,4-6H2,1-3H3,(H,13,14)/t8-,9-/m1/s1. The Hall–Kier alpha value is -1.08. The van der Waals surface area contributed by atoms with Gasteiger partial charge in [-0.25, -0.2) is 0 Å². The number of ether oxygens (including phenoxy) is 1. The first kappa shape index (κ1) is 12.0. The lowest BCUT2D eigenvalue weighted by molar-refractivity contribution is -0.128. The van der Waals surface area contributed by atoms with Crippen LogP contribution in [0.4, 0.5) is 0 Å². The highest BCUT2D eigenvalue weighted by Gasteiger charge is 2.34. The fraction of sp³-hybridized carbons (Fsp3) is 0.818. The lowest BCUT2D eigenvalue weighted by Gasteiger charge is -2.23. The maximum atomic E-state index is 11.7. The monoisotopic (exact) mass is 210 g/mol. The molecule has 0 unspecified atom stereocenters. The molecule has 1 N–H and O–H groups in total. The van der Waals surface area contributed by atoms with Gasteiger partial charge in [-0.3, -0.25) is 4.79 Å². The number of nitriles is 1. The molecule has 0 aromatic rings. The summed E-state index contributed by atoms with van der Waals surface area (Å²) in [7, 11) is 1.66. The zero-order valence-corrected chi connectivity index (χ0v) is 9.54. The largest absolute Gasteiger partial charge is 0.379 e. The Morgan fingerprint density at radius 3 is 2.73 bits per heavy atom. The maximum Gasteiger partial charge on any atom is 0.240 e. The van der Waals surface area contributed by atoms with Gasteiger partial charge in [-0.1, -0.05) is 0 Å². The van der Waals surface area contributed by atoms with E-state index in [0.717, 1.165) is 19.3 Å². The van der Waals surface area contributed by atoms with Gasteiger partial charge < -0.3 is 10.1 Å². The van der Waals surface area contributed by atoms with Gasteiger partial charge in [-0.05, 0) is 33.1 Å². The molecule has 0 saturated heterocycles. The topological polar surface area (TPSA) is 62.1 Å².